The van der Waals surface area contributed by atoms with E-state index in [-0.39, 0.29) is 0 Å². The van der Waals surface area contributed by atoms with Crippen molar-refractivity contribution in [2.75, 3.05) is 20.1 Å². The van der Waals surface area contributed by atoms with Gasteiger partial charge in [0.15, 0.2) is 0 Å². The Bertz CT molecular complexity index is 726. The molecule has 1 fully saturated rings. The second kappa shape index (κ2) is 7.92. The second-order valence-corrected chi connectivity index (χ2v) is 7.38. The Morgan fingerprint density at radius 3 is 2.56 bits per heavy atom. The average Bonchev–Trinajstić information content (AvgIpc) is 2.72. The number of alkyl halides is 3. The Labute approximate surface area is 158 Å². The SMILES string of the molecule is C=C1c2cc(C(F)(F)F)ccc2N=C(N2CCCCC(C)CCC2)N1NC. The molecule has 1 atom stereocenters. The molecule has 2 aliphatic heterocycles. The second-order valence-electron chi connectivity index (χ2n) is 7.38. The van der Waals surface area contributed by atoms with Gasteiger partial charge in [-0.3, -0.25) is 0 Å². The molecule has 0 aliphatic carbocycles. The largest absolute Gasteiger partial charge is 0.416 e. The Hall–Kier alpha value is -2.02. The minimum Gasteiger partial charge on any atom is -0.341 e. The number of halogens is 3. The van der Waals surface area contributed by atoms with Crippen molar-refractivity contribution in [1.29, 1.82) is 0 Å². The maximum absolute atomic E-state index is 13.1. The fourth-order valence-corrected chi connectivity index (χ4v) is 3.77. The van der Waals surface area contributed by atoms with Crippen molar-refractivity contribution in [2.45, 2.75) is 45.2 Å². The molecule has 1 N–H and O–H groups in total. The molecule has 2 heterocycles. The Kier molecular flexibility index (Phi) is 5.79. The molecule has 7 heteroatoms. The lowest BCUT2D eigenvalue weighted by Crippen LogP contribution is -2.50. The molecule has 0 radical (unpaired) electrons. The lowest BCUT2D eigenvalue weighted by atomic mass is 10.00. The lowest BCUT2D eigenvalue weighted by molar-refractivity contribution is -0.137. The number of nitrogens with zero attached hydrogens (tertiary/aromatic N) is 3. The molecular weight excluding hydrogens is 353 g/mol. The topological polar surface area (TPSA) is 30.9 Å². The van der Waals surface area contributed by atoms with Crippen LogP contribution in [0.4, 0.5) is 18.9 Å². The Morgan fingerprint density at radius 1 is 1.15 bits per heavy atom. The van der Waals surface area contributed by atoms with Crippen LogP contribution in [0.1, 0.15) is 50.2 Å². The first kappa shape index (κ1) is 19.7. The van der Waals surface area contributed by atoms with Gasteiger partial charge in [0.2, 0.25) is 5.96 Å². The van der Waals surface area contributed by atoms with Crippen LogP contribution in [-0.4, -0.2) is 36.0 Å². The molecule has 0 bridgehead atoms. The lowest BCUT2D eigenvalue weighted by Gasteiger charge is -2.37. The predicted octanol–water partition coefficient (Wildman–Crippen LogP) is 5.02. The zero-order valence-corrected chi connectivity index (χ0v) is 15.9. The van der Waals surface area contributed by atoms with E-state index in [0.29, 0.717) is 22.9 Å². The molecule has 0 aromatic heterocycles. The van der Waals surface area contributed by atoms with Crippen LogP contribution in [0.25, 0.3) is 5.70 Å². The maximum Gasteiger partial charge on any atom is 0.416 e. The van der Waals surface area contributed by atoms with Gasteiger partial charge in [0.1, 0.15) is 0 Å². The molecular formula is C20H27F3N4. The standard InChI is InChI=1S/C20H27F3N4/c1-14-7-4-5-11-26(12-6-8-14)19-25-18-10-9-16(20(21,22)23)13-17(18)15(2)27(19)24-3/h9-10,13-14,24H,2,4-8,11-12H2,1,3H3. The highest BCUT2D eigenvalue weighted by molar-refractivity contribution is 5.96. The van der Waals surface area contributed by atoms with Crippen LogP contribution in [0.5, 0.6) is 0 Å². The Balaban J connectivity index is 1.95. The number of hydrogen-bond acceptors (Lipinski definition) is 4. The first-order chi connectivity index (χ1) is 12.8. The third kappa shape index (κ3) is 4.29. The zero-order valence-electron chi connectivity index (χ0n) is 15.9. The molecule has 1 aromatic rings. The van der Waals surface area contributed by atoms with Crippen molar-refractivity contribution in [1.82, 2.24) is 15.3 Å². The number of benzene rings is 1. The summed E-state index contributed by atoms with van der Waals surface area (Å²) < 4.78 is 39.2. The third-order valence-electron chi connectivity index (χ3n) is 5.33. The Morgan fingerprint density at radius 2 is 1.85 bits per heavy atom. The highest BCUT2D eigenvalue weighted by Crippen LogP contribution is 2.38. The molecule has 0 amide bonds. The van der Waals surface area contributed by atoms with Crippen LogP contribution in [0.2, 0.25) is 0 Å². The van der Waals surface area contributed by atoms with Crippen LogP contribution in [-0.2, 0) is 6.18 Å². The van der Waals surface area contributed by atoms with Crippen molar-refractivity contribution >= 4 is 17.3 Å². The summed E-state index contributed by atoms with van der Waals surface area (Å²) in [6.45, 7) is 8.09. The van der Waals surface area contributed by atoms with Gasteiger partial charge in [0, 0.05) is 25.7 Å². The summed E-state index contributed by atoms with van der Waals surface area (Å²) in [5.74, 6) is 1.44. The number of rotatable bonds is 1. The van der Waals surface area contributed by atoms with E-state index in [0.717, 1.165) is 44.0 Å². The summed E-state index contributed by atoms with van der Waals surface area (Å²) >= 11 is 0. The fourth-order valence-electron chi connectivity index (χ4n) is 3.77. The van der Waals surface area contributed by atoms with Gasteiger partial charge in [-0.1, -0.05) is 26.3 Å². The number of guanidine groups is 1. The first-order valence-corrected chi connectivity index (χ1v) is 9.53. The minimum atomic E-state index is -4.39. The molecule has 1 unspecified atom stereocenters. The number of hydrazine groups is 1. The molecule has 27 heavy (non-hydrogen) atoms. The van der Waals surface area contributed by atoms with Gasteiger partial charge in [0.05, 0.1) is 16.9 Å². The van der Waals surface area contributed by atoms with Crippen molar-refractivity contribution in [2.24, 2.45) is 10.9 Å². The number of nitrogens with one attached hydrogen (secondary N) is 1. The van der Waals surface area contributed by atoms with Gasteiger partial charge in [-0.25, -0.2) is 15.4 Å². The van der Waals surface area contributed by atoms with Crippen molar-refractivity contribution in [3.8, 4) is 0 Å². The summed E-state index contributed by atoms with van der Waals surface area (Å²) in [5.41, 5.74) is 3.77. The summed E-state index contributed by atoms with van der Waals surface area (Å²) in [6, 6.07) is 3.65. The highest BCUT2D eigenvalue weighted by atomic mass is 19.4. The smallest absolute Gasteiger partial charge is 0.341 e. The van der Waals surface area contributed by atoms with E-state index in [2.05, 4.69) is 23.8 Å². The van der Waals surface area contributed by atoms with Crippen molar-refractivity contribution < 1.29 is 13.2 Å². The van der Waals surface area contributed by atoms with E-state index in [1.807, 2.05) is 0 Å². The van der Waals surface area contributed by atoms with E-state index in [4.69, 9.17) is 4.99 Å². The molecule has 1 aromatic carbocycles. The fraction of sp³-hybridized carbons (Fsp3) is 0.550. The summed E-state index contributed by atoms with van der Waals surface area (Å²) in [7, 11) is 1.73. The summed E-state index contributed by atoms with van der Waals surface area (Å²) in [5, 5.41) is 1.70. The van der Waals surface area contributed by atoms with E-state index in [9.17, 15) is 13.2 Å². The molecule has 0 saturated carbocycles. The van der Waals surface area contributed by atoms with Crippen LogP contribution in [0.3, 0.4) is 0 Å². The van der Waals surface area contributed by atoms with Gasteiger partial charge in [0.25, 0.3) is 0 Å². The van der Waals surface area contributed by atoms with Crippen molar-refractivity contribution in [3.63, 3.8) is 0 Å². The van der Waals surface area contributed by atoms with Crippen LogP contribution in [0.15, 0.2) is 29.8 Å². The van der Waals surface area contributed by atoms with Gasteiger partial charge < -0.3 is 4.90 Å². The molecule has 4 nitrogen and oxygen atoms in total. The first-order valence-electron chi connectivity index (χ1n) is 9.53. The van der Waals surface area contributed by atoms with Crippen LogP contribution in [0, 0.1) is 5.92 Å². The average molecular weight is 380 g/mol. The van der Waals surface area contributed by atoms with Crippen molar-refractivity contribution in [3.05, 3.63) is 35.9 Å². The third-order valence-corrected chi connectivity index (χ3v) is 5.33. The minimum absolute atomic E-state index is 0.404. The van der Waals surface area contributed by atoms with E-state index < -0.39 is 11.7 Å². The zero-order chi connectivity index (χ0) is 19.6. The molecule has 0 spiro atoms. The summed E-state index contributed by atoms with van der Waals surface area (Å²) in [4.78, 5) is 6.92. The van der Waals surface area contributed by atoms with Crippen LogP contribution >= 0.6 is 0 Å². The van der Waals surface area contributed by atoms with Gasteiger partial charge in [-0.15, -0.1) is 0 Å². The van der Waals surface area contributed by atoms with Gasteiger partial charge in [-0.05, 0) is 43.4 Å². The number of fused-ring (bicyclic) bond motifs is 1. The van der Waals surface area contributed by atoms with E-state index >= 15 is 0 Å². The molecule has 3 rings (SSSR count). The maximum atomic E-state index is 13.1. The molecule has 148 valence electrons. The quantitative estimate of drug-likeness (QED) is 0.742. The normalized spacial score (nSPS) is 21.9. The predicted molar refractivity (Wildman–Crippen MR) is 102 cm³/mol. The van der Waals surface area contributed by atoms with E-state index in [1.165, 1.54) is 25.3 Å². The monoisotopic (exact) mass is 380 g/mol. The number of aliphatic imine (C=N–C) groups is 1. The summed E-state index contributed by atoms with van der Waals surface area (Å²) in [6.07, 6.45) is 1.36. The van der Waals surface area contributed by atoms with Gasteiger partial charge >= 0.3 is 6.18 Å². The van der Waals surface area contributed by atoms with Crippen LogP contribution < -0.4 is 5.43 Å². The molecule has 2 aliphatic rings. The number of hydrogen-bond donors (Lipinski definition) is 1. The van der Waals surface area contributed by atoms with E-state index in [1.54, 1.807) is 12.1 Å². The highest BCUT2D eigenvalue weighted by Gasteiger charge is 2.34. The molecule has 1 saturated heterocycles. The van der Waals surface area contributed by atoms with Gasteiger partial charge in [-0.2, -0.15) is 13.2 Å².